The molecule has 1 aliphatic rings. The topological polar surface area (TPSA) is 58.6 Å². The molecule has 0 atom stereocenters. The second-order valence-electron chi connectivity index (χ2n) is 7.22. The quantitative estimate of drug-likeness (QED) is 0.498. The highest BCUT2D eigenvalue weighted by Gasteiger charge is 2.40. The Morgan fingerprint density at radius 3 is 2.28 bits per heavy atom. The van der Waals surface area contributed by atoms with Gasteiger partial charge in [-0.1, -0.05) is 29.8 Å². The van der Waals surface area contributed by atoms with Gasteiger partial charge in [0.2, 0.25) is 0 Å². The Morgan fingerprint density at radius 2 is 1.66 bits per heavy atom. The zero-order valence-electron chi connectivity index (χ0n) is 17.5. The van der Waals surface area contributed by atoms with Crippen LogP contribution in [0.3, 0.4) is 0 Å². The second kappa shape index (κ2) is 8.85. The van der Waals surface area contributed by atoms with Crippen molar-refractivity contribution in [3.8, 4) is 5.75 Å². The van der Waals surface area contributed by atoms with Crippen LogP contribution < -0.4 is 15.0 Å². The maximum absolute atomic E-state index is 13.5. The minimum absolute atomic E-state index is 0.0995. The normalized spacial score (nSPS) is 13.7. The fourth-order valence-corrected chi connectivity index (χ4v) is 3.61. The molecule has 0 radical (unpaired) electrons. The number of carbonyl (C=O) groups excluding carboxylic acids is 2. The van der Waals surface area contributed by atoms with Gasteiger partial charge in [0.05, 0.1) is 17.9 Å². The minimum Gasteiger partial charge on any atom is -0.494 e. The van der Waals surface area contributed by atoms with Crippen LogP contribution in [-0.4, -0.2) is 18.4 Å². The molecule has 4 rings (SSSR count). The van der Waals surface area contributed by atoms with Crippen molar-refractivity contribution in [2.24, 2.45) is 0 Å². The number of hydrogen-bond acceptors (Lipinski definition) is 4. The highest BCUT2D eigenvalue weighted by Crippen LogP contribution is 2.35. The number of halogens is 2. The molecule has 0 bridgehead atoms. The lowest BCUT2D eigenvalue weighted by Gasteiger charge is -2.16. The Kier molecular flexibility index (Phi) is 5.97. The van der Waals surface area contributed by atoms with E-state index in [1.807, 2.05) is 13.8 Å². The monoisotopic (exact) mass is 450 g/mol. The van der Waals surface area contributed by atoms with Crippen LogP contribution in [0.15, 0.2) is 72.4 Å². The number of rotatable bonds is 6. The molecule has 1 heterocycles. The smallest absolute Gasteiger partial charge is 0.282 e. The number of nitrogens with zero attached hydrogens (tertiary/aromatic N) is 1. The van der Waals surface area contributed by atoms with E-state index in [1.165, 1.54) is 24.3 Å². The molecule has 7 heteroatoms. The first kappa shape index (κ1) is 21.6. The number of carbonyl (C=O) groups is 2. The van der Waals surface area contributed by atoms with E-state index in [4.69, 9.17) is 16.3 Å². The van der Waals surface area contributed by atoms with Gasteiger partial charge in [-0.25, -0.2) is 9.29 Å². The van der Waals surface area contributed by atoms with E-state index in [2.05, 4.69) is 5.32 Å². The van der Waals surface area contributed by atoms with Crippen LogP contribution >= 0.6 is 11.6 Å². The SMILES string of the molecule is CCOc1ccc(NC2=C(c3ccc(F)cc3)C(=O)N(c3ccc(C)c(Cl)c3)C2=O)cc1. The average Bonchev–Trinajstić information content (AvgIpc) is 3.02. The van der Waals surface area contributed by atoms with Gasteiger partial charge in [0.1, 0.15) is 17.3 Å². The lowest BCUT2D eigenvalue weighted by Crippen LogP contribution is -2.32. The zero-order chi connectivity index (χ0) is 22.8. The first-order chi connectivity index (χ1) is 15.4. The van der Waals surface area contributed by atoms with E-state index in [-0.39, 0.29) is 11.3 Å². The Hall–Kier alpha value is -3.64. The third kappa shape index (κ3) is 4.09. The van der Waals surface area contributed by atoms with Gasteiger partial charge < -0.3 is 10.1 Å². The summed E-state index contributed by atoms with van der Waals surface area (Å²) in [6, 6.07) is 17.5. The summed E-state index contributed by atoms with van der Waals surface area (Å²) in [5, 5.41) is 3.51. The molecule has 32 heavy (non-hydrogen) atoms. The summed E-state index contributed by atoms with van der Waals surface area (Å²) in [4.78, 5) is 27.8. The summed E-state index contributed by atoms with van der Waals surface area (Å²) in [6.45, 7) is 4.26. The van der Waals surface area contributed by atoms with Crippen molar-refractivity contribution in [2.75, 3.05) is 16.8 Å². The van der Waals surface area contributed by atoms with Crippen molar-refractivity contribution < 1.29 is 18.7 Å². The average molecular weight is 451 g/mol. The highest BCUT2D eigenvalue weighted by atomic mass is 35.5. The largest absolute Gasteiger partial charge is 0.494 e. The van der Waals surface area contributed by atoms with Crippen LogP contribution in [0.25, 0.3) is 5.57 Å². The predicted molar refractivity (Wildman–Crippen MR) is 123 cm³/mol. The summed E-state index contributed by atoms with van der Waals surface area (Å²) < 4.78 is 18.9. The molecular formula is C25H20ClFN2O3. The molecule has 3 aromatic rings. The van der Waals surface area contributed by atoms with Crippen LogP contribution in [0.5, 0.6) is 5.75 Å². The number of nitrogens with one attached hydrogen (secondary N) is 1. The lowest BCUT2D eigenvalue weighted by atomic mass is 10.0. The molecule has 0 unspecified atom stereocenters. The van der Waals surface area contributed by atoms with Crippen molar-refractivity contribution in [1.82, 2.24) is 0 Å². The maximum atomic E-state index is 13.5. The summed E-state index contributed by atoms with van der Waals surface area (Å²) >= 11 is 6.23. The van der Waals surface area contributed by atoms with Crippen molar-refractivity contribution in [3.63, 3.8) is 0 Å². The van der Waals surface area contributed by atoms with Gasteiger partial charge in [0.25, 0.3) is 11.8 Å². The molecule has 1 aliphatic heterocycles. The minimum atomic E-state index is -0.525. The summed E-state index contributed by atoms with van der Waals surface area (Å²) in [7, 11) is 0. The molecular weight excluding hydrogens is 431 g/mol. The third-order valence-corrected chi connectivity index (χ3v) is 5.47. The molecule has 0 aromatic heterocycles. The van der Waals surface area contributed by atoms with E-state index < -0.39 is 17.6 Å². The van der Waals surface area contributed by atoms with Gasteiger partial charge in [-0.2, -0.15) is 0 Å². The Labute approximate surface area is 190 Å². The number of imide groups is 1. The van der Waals surface area contributed by atoms with Crippen molar-refractivity contribution in [1.29, 1.82) is 0 Å². The van der Waals surface area contributed by atoms with Crippen LogP contribution in [0.4, 0.5) is 15.8 Å². The van der Waals surface area contributed by atoms with Crippen molar-refractivity contribution in [2.45, 2.75) is 13.8 Å². The van der Waals surface area contributed by atoms with Gasteiger partial charge in [-0.15, -0.1) is 0 Å². The van der Waals surface area contributed by atoms with Crippen molar-refractivity contribution >= 4 is 40.4 Å². The lowest BCUT2D eigenvalue weighted by molar-refractivity contribution is -0.120. The number of ether oxygens (including phenoxy) is 1. The van der Waals surface area contributed by atoms with Crippen LogP contribution in [0.2, 0.25) is 5.02 Å². The standard InChI is InChI=1S/C25H20ClFN2O3/c1-3-32-20-12-9-18(10-13-20)28-23-22(16-5-7-17(27)8-6-16)24(30)29(25(23)31)19-11-4-15(2)21(26)14-19/h4-14,28H,3H2,1-2H3. The summed E-state index contributed by atoms with van der Waals surface area (Å²) in [6.07, 6.45) is 0. The Balaban J connectivity index is 1.77. The van der Waals surface area contributed by atoms with Gasteiger partial charge >= 0.3 is 0 Å². The van der Waals surface area contributed by atoms with E-state index in [9.17, 15) is 14.0 Å². The molecule has 0 saturated heterocycles. The molecule has 0 spiro atoms. The maximum Gasteiger partial charge on any atom is 0.282 e. The fourth-order valence-electron chi connectivity index (χ4n) is 3.43. The van der Waals surface area contributed by atoms with Crippen molar-refractivity contribution in [3.05, 3.63) is 94.4 Å². The Bertz CT molecular complexity index is 1220. The molecule has 162 valence electrons. The number of hydrogen-bond donors (Lipinski definition) is 1. The van der Waals surface area contributed by atoms with Crippen LogP contribution in [0, 0.1) is 12.7 Å². The molecule has 3 aromatic carbocycles. The van der Waals surface area contributed by atoms with Crippen LogP contribution in [0.1, 0.15) is 18.1 Å². The molecule has 0 aliphatic carbocycles. The highest BCUT2D eigenvalue weighted by molar-refractivity contribution is 6.46. The predicted octanol–water partition coefficient (Wildman–Crippen LogP) is 5.58. The molecule has 2 amide bonds. The molecule has 1 N–H and O–H groups in total. The fraction of sp³-hybridized carbons (Fsp3) is 0.120. The first-order valence-corrected chi connectivity index (χ1v) is 10.4. The third-order valence-electron chi connectivity index (χ3n) is 5.07. The van der Waals surface area contributed by atoms with Crippen LogP contribution in [-0.2, 0) is 9.59 Å². The summed E-state index contributed by atoms with van der Waals surface area (Å²) in [5.74, 6) is -0.789. The zero-order valence-corrected chi connectivity index (χ0v) is 18.2. The van der Waals surface area contributed by atoms with Gasteiger partial charge in [-0.3, -0.25) is 9.59 Å². The number of anilines is 2. The molecule has 5 nitrogen and oxygen atoms in total. The number of amides is 2. The van der Waals surface area contributed by atoms with E-state index in [0.29, 0.717) is 34.3 Å². The Morgan fingerprint density at radius 1 is 0.969 bits per heavy atom. The van der Waals surface area contributed by atoms with E-state index >= 15 is 0 Å². The van der Waals surface area contributed by atoms with E-state index in [1.54, 1.807) is 42.5 Å². The molecule has 0 saturated carbocycles. The van der Waals surface area contributed by atoms with E-state index in [0.717, 1.165) is 10.5 Å². The molecule has 0 fully saturated rings. The number of aryl methyl sites for hydroxylation is 1. The summed E-state index contributed by atoms with van der Waals surface area (Å²) in [5.41, 5.74) is 2.47. The van der Waals surface area contributed by atoms with Gasteiger partial charge in [0.15, 0.2) is 0 Å². The van der Waals surface area contributed by atoms with Gasteiger partial charge in [0, 0.05) is 10.7 Å². The van der Waals surface area contributed by atoms with Gasteiger partial charge in [-0.05, 0) is 73.5 Å². The number of benzene rings is 3. The first-order valence-electron chi connectivity index (χ1n) is 10.0. The second-order valence-corrected chi connectivity index (χ2v) is 7.63.